The normalized spacial score (nSPS) is 22.6. The SMILES string of the molecule is COC1C=C(C2=CC(C)c3ccccc32)c2ccccc21. The minimum absolute atomic E-state index is 0.0696. The first-order chi connectivity index (χ1) is 10.3. The fourth-order valence-electron chi connectivity index (χ4n) is 3.55. The predicted octanol–water partition coefficient (Wildman–Crippen LogP) is 4.97. The molecule has 2 aliphatic rings. The molecular formula is C20H18O. The first-order valence-corrected chi connectivity index (χ1v) is 7.45. The van der Waals surface area contributed by atoms with Crippen molar-refractivity contribution in [2.24, 2.45) is 0 Å². The van der Waals surface area contributed by atoms with Gasteiger partial charge in [0.1, 0.15) is 6.10 Å². The van der Waals surface area contributed by atoms with Crippen molar-refractivity contribution in [2.45, 2.75) is 18.9 Å². The molecule has 0 saturated carbocycles. The fourth-order valence-corrected chi connectivity index (χ4v) is 3.55. The molecule has 1 heteroatoms. The third-order valence-electron chi connectivity index (χ3n) is 4.58. The Morgan fingerprint density at radius 3 is 2.05 bits per heavy atom. The first kappa shape index (κ1) is 12.6. The highest BCUT2D eigenvalue weighted by Gasteiger charge is 2.29. The Morgan fingerprint density at radius 2 is 1.33 bits per heavy atom. The van der Waals surface area contributed by atoms with Gasteiger partial charge in [0.25, 0.3) is 0 Å². The second-order valence-electron chi connectivity index (χ2n) is 5.78. The summed E-state index contributed by atoms with van der Waals surface area (Å²) in [5.74, 6) is 0.478. The highest BCUT2D eigenvalue weighted by atomic mass is 16.5. The van der Waals surface area contributed by atoms with Crippen LogP contribution in [0.25, 0.3) is 11.1 Å². The van der Waals surface area contributed by atoms with E-state index in [0.29, 0.717) is 5.92 Å². The van der Waals surface area contributed by atoms with Crippen molar-refractivity contribution in [3.05, 3.63) is 82.9 Å². The van der Waals surface area contributed by atoms with Crippen LogP contribution in [0.1, 0.15) is 41.2 Å². The van der Waals surface area contributed by atoms with E-state index in [1.165, 1.54) is 33.4 Å². The summed E-state index contributed by atoms with van der Waals surface area (Å²) in [6, 6.07) is 17.3. The predicted molar refractivity (Wildman–Crippen MR) is 87.0 cm³/mol. The van der Waals surface area contributed by atoms with E-state index in [0.717, 1.165) is 0 Å². The summed E-state index contributed by atoms with van der Waals surface area (Å²) < 4.78 is 5.64. The molecule has 4 rings (SSSR count). The second-order valence-corrected chi connectivity index (χ2v) is 5.78. The Bertz CT molecular complexity index is 767. The van der Waals surface area contributed by atoms with Gasteiger partial charge in [-0.2, -0.15) is 0 Å². The smallest absolute Gasteiger partial charge is 0.102 e. The van der Waals surface area contributed by atoms with Crippen LogP contribution in [-0.2, 0) is 4.74 Å². The maximum absolute atomic E-state index is 5.64. The number of methoxy groups -OCH3 is 1. The van der Waals surface area contributed by atoms with Gasteiger partial charge in [-0.25, -0.2) is 0 Å². The molecule has 0 aliphatic heterocycles. The standard InChI is InChI=1S/C20H18O/c1-13-11-18(15-8-4-3-7-14(13)15)19-12-20(21-2)17-10-6-5-9-16(17)19/h3-13,20H,1-2H3. The van der Waals surface area contributed by atoms with E-state index in [1.54, 1.807) is 7.11 Å². The van der Waals surface area contributed by atoms with Gasteiger partial charge < -0.3 is 4.74 Å². The van der Waals surface area contributed by atoms with Crippen molar-refractivity contribution < 1.29 is 4.74 Å². The van der Waals surface area contributed by atoms with Gasteiger partial charge in [0, 0.05) is 13.0 Å². The van der Waals surface area contributed by atoms with Gasteiger partial charge in [-0.3, -0.25) is 0 Å². The average molecular weight is 274 g/mol. The summed E-state index contributed by atoms with van der Waals surface area (Å²) in [5.41, 5.74) is 8.03. The molecule has 2 aliphatic carbocycles. The van der Waals surface area contributed by atoms with Gasteiger partial charge >= 0.3 is 0 Å². The number of allylic oxidation sites excluding steroid dienone is 3. The third-order valence-corrected chi connectivity index (χ3v) is 4.58. The van der Waals surface area contributed by atoms with Crippen LogP contribution in [-0.4, -0.2) is 7.11 Å². The zero-order valence-electron chi connectivity index (χ0n) is 12.3. The Labute approximate surface area is 125 Å². The molecule has 0 radical (unpaired) electrons. The van der Waals surface area contributed by atoms with Crippen molar-refractivity contribution >= 4 is 11.1 Å². The van der Waals surface area contributed by atoms with Crippen molar-refractivity contribution in [1.82, 2.24) is 0 Å². The topological polar surface area (TPSA) is 9.23 Å². The zero-order chi connectivity index (χ0) is 14.4. The summed E-state index contributed by atoms with van der Waals surface area (Å²) in [6.45, 7) is 2.26. The minimum atomic E-state index is 0.0696. The van der Waals surface area contributed by atoms with Crippen LogP contribution in [0.4, 0.5) is 0 Å². The van der Waals surface area contributed by atoms with Crippen LogP contribution < -0.4 is 0 Å². The van der Waals surface area contributed by atoms with Crippen molar-refractivity contribution in [2.75, 3.05) is 7.11 Å². The van der Waals surface area contributed by atoms with Gasteiger partial charge in [-0.05, 0) is 39.5 Å². The molecule has 1 nitrogen and oxygen atoms in total. The number of hydrogen-bond donors (Lipinski definition) is 0. The molecule has 0 fully saturated rings. The van der Waals surface area contributed by atoms with Crippen LogP contribution >= 0.6 is 0 Å². The number of benzene rings is 2. The van der Waals surface area contributed by atoms with E-state index in [-0.39, 0.29) is 6.10 Å². The van der Waals surface area contributed by atoms with Crippen LogP contribution in [0.5, 0.6) is 0 Å². The van der Waals surface area contributed by atoms with Crippen LogP contribution in [0.15, 0.2) is 60.7 Å². The maximum Gasteiger partial charge on any atom is 0.102 e. The molecule has 0 aromatic heterocycles. The third kappa shape index (κ3) is 1.81. The monoisotopic (exact) mass is 274 g/mol. The van der Waals surface area contributed by atoms with Crippen LogP contribution in [0.2, 0.25) is 0 Å². The molecule has 2 atom stereocenters. The summed E-state index contributed by atoms with van der Waals surface area (Å²) >= 11 is 0. The lowest BCUT2D eigenvalue weighted by Crippen LogP contribution is -1.94. The molecule has 104 valence electrons. The van der Waals surface area contributed by atoms with E-state index in [4.69, 9.17) is 4.74 Å². The van der Waals surface area contributed by atoms with Crippen molar-refractivity contribution in [1.29, 1.82) is 0 Å². The Kier molecular flexibility index (Phi) is 2.83. The average Bonchev–Trinajstić information content (AvgIpc) is 3.06. The number of ether oxygens (including phenoxy) is 1. The number of rotatable bonds is 2. The molecule has 0 bridgehead atoms. The summed E-state index contributed by atoms with van der Waals surface area (Å²) in [4.78, 5) is 0. The Hall–Kier alpha value is -2.12. The lowest BCUT2D eigenvalue weighted by atomic mass is 9.95. The fraction of sp³-hybridized carbons (Fsp3) is 0.200. The molecule has 0 amide bonds. The summed E-state index contributed by atoms with van der Waals surface area (Å²) in [6.07, 6.45) is 4.71. The van der Waals surface area contributed by atoms with E-state index in [2.05, 4.69) is 67.6 Å². The van der Waals surface area contributed by atoms with Gasteiger partial charge in [-0.15, -0.1) is 0 Å². The largest absolute Gasteiger partial charge is 0.373 e. The highest BCUT2D eigenvalue weighted by molar-refractivity contribution is 6.09. The van der Waals surface area contributed by atoms with E-state index >= 15 is 0 Å². The van der Waals surface area contributed by atoms with Gasteiger partial charge in [0.05, 0.1) is 0 Å². The summed E-state index contributed by atoms with van der Waals surface area (Å²) in [5, 5.41) is 0. The van der Waals surface area contributed by atoms with E-state index in [9.17, 15) is 0 Å². The molecule has 0 spiro atoms. The highest BCUT2D eigenvalue weighted by Crippen LogP contribution is 2.48. The van der Waals surface area contributed by atoms with Gasteiger partial charge in [-0.1, -0.05) is 61.5 Å². The Morgan fingerprint density at radius 1 is 0.762 bits per heavy atom. The molecule has 0 heterocycles. The van der Waals surface area contributed by atoms with Crippen LogP contribution in [0.3, 0.4) is 0 Å². The number of hydrogen-bond acceptors (Lipinski definition) is 1. The molecular weight excluding hydrogens is 256 g/mol. The molecule has 21 heavy (non-hydrogen) atoms. The van der Waals surface area contributed by atoms with Crippen molar-refractivity contribution in [3.8, 4) is 0 Å². The van der Waals surface area contributed by atoms with E-state index in [1.807, 2.05) is 0 Å². The zero-order valence-corrected chi connectivity index (χ0v) is 12.3. The lowest BCUT2D eigenvalue weighted by molar-refractivity contribution is 0.145. The molecule has 2 aromatic rings. The molecule has 0 N–H and O–H groups in total. The van der Waals surface area contributed by atoms with Gasteiger partial charge in [0.15, 0.2) is 0 Å². The summed E-state index contributed by atoms with van der Waals surface area (Å²) in [7, 11) is 1.78. The lowest BCUT2D eigenvalue weighted by Gasteiger charge is -2.09. The van der Waals surface area contributed by atoms with E-state index < -0.39 is 0 Å². The number of fused-ring (bicyclic) bond motifs is 2. The first-order valence-electron chi connectivity index (χ1n) is 7.45. The Balaban J connectivity index is 1.88. The molecule has 2 unspecified atom stereocenters. The molecule has 2 aromatic carbocycles. The minimum Gasteiger partial charge on any atom is -0.373 e. The second kappa shape index (κ2) is 4.71. The molecule has 0 saturated heterocycles. The van der Waals surface area contributed by atoms with Crippen molar-refractivity contribution in [3.63, 3.8) is 0 Å². The quantitative estimate of drug-likeness (QED) is 0.751. The van der Waals surface area contributed by atoms with Crippen LogP contribution in [0, 0.1) is 0 Å². The maximum atomic E-state index is 5.64. The van der Waals surface area contributed by atoms with Gasteiger partial charge in [0.2, 0.25) is 0 Å².